The van der Waals surface area contributed by atoms with Crippen molar-refractivity contribution in [2.75, 3.05) is 26.4 Å². The summed E-state index contributed by atoms with van der Waals surface area (Å²) in [6.07, 6.45) is 1.00. The summed E-state index contributed by atoms with van der Waals surface area (Å²) in [4.78, 5) is 94.1. The summed E-state index contributed by atoms with van der Waals surface area (Å²) in [5, 5.41) is 13.8. The number of amides is 2. The van der Waals surface area contributed by atoms with Gasteiger partial charge in [0.15, 0.2) is 6.04 Å². The molecule has 18 nitrogen and oxygen atoms in total. The van der Waals surface area contributed by atoms with E-state index in [9.17, 15) is 33.6 Å². The summed E-state index contributed by atoms with van der Waals surface area (Å²) < 4.78 is 19.0. The van der Waals surface area contributed by atoms with Crippen LogP contribution in [-0.2, 0) is 62.1 Å². The number of rotatable bonds is 18. The fraction of sp³-hybridized carbons (Fsp3) is 0.611. The fourth-order valence-corrected chi connectivity index (χ4v) is 3.77. The van der Waals surface area contributed by atoms with E-state index in [2.05, 4.69) is 40.8 Å². The van der Waals surface area contributed by atoms with Crippen molar-refractivity contribution in [3.05, 3.63) is 34.8 Å². The van der Waals surface area contributed by atoms with Gasteiger partial charge < -0.3 is 58.6 Å². The molecule has 0 fully saturated rings. The molecule has 0 aliphatic carbocycles. The molecule has 2 amide bonds. The van der Waals surface area contributed by atoms with E-state index in [1.807, 2.05) is 6.92 Å². The predicted molar refractivity (Wildman–Crippen MR) is 217 cm³/mol. The smallest absolute Gasteiger partial charge is 0.373 e. The Hall–Kier alpha value is -4.03. The first kappa shape index (κ1) is 74.9. The molecule has 0 bridgehead atoms. The highest BCUT2D eigenvalue weighted by Gasteiger charge is 2.50. The molecule has 0 rings (SSSR count). The molecular formula is C36H66Cl4N4O14. The number of ether oxygens (including phenoxy) is 4. The molecule has 0 spiro atoms. The monoisotopic (exact) mass is 918 g/mol. The third-order valence-corrected chi connectivity index (χ3v) is 5.74. The van der Waals surface area contributed by atoms with Gasteiger partial charge in [0.2, 0.25) is 17.4 Å². The van der Waals surface area contributed by atoms with Gasteiger partial charge in [0, 0.05) is 48.2 Å². The van der Waals surface area contributed by atoms with Gasteiger partial charge in [-0.1, -0.05) is 83.7 Å². The van der Waals surface area contributed by atoms with E-state index in [1.54, 1.807) is 27.7 Å². The Kier molecular flexibility index (Phi) is 59.0. The van der Waals surface area contributed by atoms with E-state index in [4.69, 9.17) is 69.4 Å². The Labute approximate surface area is 364 Å². The molecule has 0 aromatic carbocycles. The third-order valence-electron chi connectivity index (χ3n) is 5.30. The second kappa shape index (κ2) is 45.7. The zero-order valence-electron chi connectivity index (χ0n) is 32.1. The second-order valence-corrected chi connectivity index (χ2v) is 11.7. The number of carboxylic acids is 1. The van der Waals surface area contributed by atoms with Crippen LogP contribution >= 0.6 is 34.8 Å². The average molecular weight is 921 g/mol. The maximum absolute atomic E-state index is 12.0. The van der Waals surface area contributed by atoms with E-state index in [0.29, 0.717) is 29.7 Å². The van der Waals surface area contributed by atoms with Crippen LogP contribution < -0.4 is 34.5 Å². The third kappa shape index (κ3) is 43.1. The summed E-state index contributed by atoms with van der Waals surface area (Å²) in [5.41, 5.74) is 6.73. The lowest BCUT2D eigenvalue weighted by atomic mass is 9.94. The van der Waals surface area contributed by atoms with Gasteiger partial charge in [-0.3, -0.25) is 14.4 Å². The number of aliphatic carboxylic acids is 1. The molecule has 0 saturated carbocycles. The number of halogens is 4. The lowest BCUT2D eigenvalue weighted by Gasteiger charge is -2.29. The number of nitrogens with two attached hydrogens (primary N) is 1. The van der Waals surface area contributed by atoms with Crippen molar-refractivity contribution in [2.45, 2.75) is 120 Å². The van der Waals surface area contributed by atoms with Gasteiger partial charge in [-0.25, -0.2) is 19.2 Å². The van der Waals surface area contributed by atoms with E-state index < -0.39 is 53.4 Å². The summed E-state index contributed by atoms with van der Waals surface area (Å²) in [5.74, 6) is -4.40. The highest BCUT2D eigenvalue weighted by molar-refractivity contribution is 6.30. The van der Waals surface area contributed by atoms with Crippen LogP contribution in [0.2, 0.25) is 0 Å². The molecule has 0 saturated heterocycles. The first-order chi connectivity index (χ1) is 24.9. The van der Waals surface area contributed by atoms with Crippen molar-refractivity contribution in [1.82, 2.24) is 10.6 Å². The van der Waals surface area contributed by atoms with Crippen LogP contribution in [0.3, 0.4) is 0 Å². The lowest BCUT2D eigenvalue weighted by molar-refractivity contribution is -0.406. The number of esters is 4. The predicted octanol–water partition coefficient (Wildman–Crippen LogP) is 0.767. The topological polar surface area (TPSA) is 288 Å². The van der Waals surface area contributed by atoms with Crippen LogP contribution in [0.15, 0.2) is 34.8 Å². The van der Waals surface area contributed by atoms with Crippen LogP contribution in [0.5, 0.6) is 0 Å². The summed E-state index contributed by atoms with van der Waals surface area (Å²) in [6.45, 7) is 21.9. The first-order valence-corrected chi connectivity index (χ1v) is 17.1. The molecule has 0 aliphatic rings. The van der Waals surface area contributed by atoms with Crippen LogP contribution in [0.4, 0.5) is 0 Å². The summed E-state index contributed by atoms with van der Waals surface area (Å²) in [6, 6.07) is -1.85. The molecule has 3 unspecified atom stereocenters. The van der Waals surface area contributed by atoms with Crippen molar-refractivity contribution in [2.24, 2.45) is 5.73 Å². The fourth-order valence-electron chi connectivity index (χ4n) is 3.21. The molecule has 0 aromatic heterocycles. The zero-order valence-corrected chi connectivity index (χ0v) is 35.1. The Bertz CT molecular complexity index is 1240. The molecule has 0 radical (unpaired) electrons. The van der Waals surface area contributed by atoms with Crippen molar-refractivity contribution >= 4 is 82.6 Å². The average Bonchev–Trinajstić information content (AvgIpc) is 3.03. The van der Waals surface area contributed by atoms with Crippen LogP contribution in [0, 0.1) is 0 Å². The van der Waals surface area contributed by atoms with Gasteiger partial charge in [0.1, 0.15) is 12.1 Å². The van der Waals surface area contributed by atoms with E-state index in [1.165, 1.54) is 13.8 Å². The van der Waals surface area contributed by atoms with Crippen molar-refractivity contribution in [3.63, 3.8) is 0 Å². The minimum atomic E-state index is -1.99. The molecule has 0 aromatic rings. The molecule has 22 heteroatoms. The highest BCUT2D eigenvalue weighted by atomic mass is 35.5. The summed E-state index contributed by atoms with van der Waals surface area (Å²) in [7, 11) is 0. The largest absolute Gasteiger partial charge is 1.00 e. The minimum Gasteiger partial charge on any atom is -1.00 e. The molecule has 3 atom stereocenters. The van der Waals surface area contributed by atoms with Crippen molar-refractivity contribution in [3.8, 4) is 0 Å². The Morgan fingerprint density at radius 3 is 1.33 bits per heavy atom. The van der Waals surface area contributed by atoms with E-state index in [-0.39, 0.29) is 90.2 Å². The van der Waals surface area contributed by atoms with Gasteiger partial charge in [-0.2, -0.15) is 9.59 Å². The van der Waals surface area contributed by atoms with Crippen LogP contribution in [0.1, 0.15) is 96.4 Å². The maximum atomic E-state index is 12.0. The normalized spacial score (nSPS) is 10.3. The van der Waals surface area contributed by atoms with Crippen LogP contribution in [0.25, 0.3) is 0 Å². The first-order valence-electron chi connectivity index (χ1n) is 16.0. The van der Waals surface area contributed by atoms with Gasteiger partial charge in [0.25, 0.3) is 0 Å². The number of carbonyl (C=O) groups is 7. The standard InChI is InChI=1S/C12H18ClNO5.C8H15NO3.C7H12ClNO2.C5H8ClNO2.CO2.3CH4.ClH/c1-5-18-10(16)12(7-8(3)13,14-9(4)15)11(17)19-6-2;1-4-7(9-6(3)10)8(11)12-5-2;1-3-11-7(10)6(9)4-5(2)8;1-3(6)2-4(7)5(8)9;2-1-3;;;;/h3,5-7H2,1-2,4H3,(H,14,15);7H,4-5H2,1-3H3,(H,9,10);6H,2-4,9H2,1H3;4H,1-2,7H2,(H,8,9);;3*1H4;1H. The number of nitrogens with one attached hydrogen (secondary N) is 2. The maximum Gasteiger partial charge on any atom is 0.373 e. The molecule has 342 valence electrons. The van der Waals surface area contributed by atoms with Gasteiger partial charge in [0.05, 0.1) is 26.4 Å². The Morgan fingerprint density at radius 1 is 0.724 bits per heavy atom. The number of quaternary nitrogens is 1. The van der Waals surface area contributed by atoms with Crippen LogP contribution in [-0.4, -0.2) is 103 Å². The SMILES string of the molecule is C.C.C.C=C(Cl)CC(N)C(=O)OCC.C=C(Cl)CC(NC(C)=O)(C(=O)OCC)C(=O)OCC.C=C(Cl)CC([NH3+])C(=O)O.CCOC(=O)C(CC)NC(C)=O.O=C=O.[Cl-]. The lowest BCUT2D eigenvalue weighted by Crippen LogP contribution is -3.00. The number of hydrogen-bond acceptors (Lipinski definition) is 14. The molecule has 8 N–H and O–H groups in total. The highest BCUT2D eigenvalue weighted by Crippen LogP contribution is 2.22. The Morgan fingerprint density at radius 2 is 1.09 bits per heavy atom. The van der Waals surface area contributed by atoms with Gasteiger partial charge in [-0.05, 0) is 34.1 Å². The number of hydrogen-bond donors (Lipinski definition) is 5. The molecule has 0 heterocycles. The summed E-state index contributed by atoms with van der Waals surface area (Å²) >= 11 is 16.4. The van der Waals surface area contributed by atoms with Gasteiger partial charge in [-0.15, -0.1) is 0 Å². The quantitative estimate of drug-likeness (QED) is 0.0721. The molecule has 58 heavy (non-hydrogen) atoms. The number of carbonyl (C=O) groups excluding carboxylic acids is 8. The molecular weight excluding hydrogens is 854 g/mol. The van der Waals surface area contributed by atoms with E-state index >= 15 is 0 Å². The Balaban J connectivity index is -0.0000000779. The second-order valence-electron chi connectivity index (χ2n) is 10.1. The van der Waals surface area contributed by atoms with Crippen molar-refractivity contribution < 1.29 is 85.3 Å². The molecule has 0 aliphatic heterocycles. The van der Waals surface area contributed by atoms with E-state index in [0.717, 1.165) is 0 Å². The number of carboxylic acid groups (broad SMARTS) is 1. The van der Waals surface area contributed by atoms with Crippen molar-refractivity contribution in [1.29, 1.82) is 0 Å². The van der Waals surface area contributed by atoms with Gasteiger partial charge >= 0.3 is 36.0 Å². The minimum absolute atomic E-state index is 0. The zero-order chi connectivity index (χ0) is 43.6.